The molecule has 4 N–H and O–H groups in total. The lowest BCUT2D eigenvalue weighted by atomic mass is 9.33. The Kier molecular flexibility index (Phi) is 9.05. The van der Waals surface area contributed by atoms with Gasteiger partial charge < -0.3 is 25.4 Å². The molecule has 5 heteroatoms. The molecule has 4 fully saturated rings. The van der Waals surface area contributed by atoms with Crippen LogP contribution in [0.15, 0.2) is 11.6 Å². The van der Waals surface area contributed by atoms with Gasteiger partial charge in [-0.25, -0.2) is 0 Å². The summed E-state index contributed by atoms with van der Waals surface area (Å²) in [6, 6.07) is 0. The second-order valence-corrected chi connectivity index (χ2v) is 16.1. The SMILES string of the molecule is CCC[NH2+]CCO.C[C@H]1[C@H](C)CC[C@]2(C(=O)[O-])CC[C@]3(C)C(=CC[C@@H]4[C@@]5(C)CC[C@H](O)C(C)(C)C5CC[C@]43C)[C@H]12. The number of aliphatic carboxylic acids is 1. The van der Waals surface area contributed by atoms with Gasteiger partial charge in [-0.3, -0.25) is 0 Å². The van der Waals surface area contributed by atoms with Gasteiger partial charge in [-0.15, -0.1) is 0 Å². The van der Waals surface area contributed by atoms with Gasteiger partial charge in [-0.1, -0.05) is 67.0 Å². The molecule has 5 nitrogen and oxygen atoms in total. The van der Waals surface area contributed by atoms with Gasteiger partial charge in [-0.2, -0.15) is 0 Å². The van der Waals surface area contributed by atoms with E-state index in [1.165, 1.54) is 24.8 Å². The third-order valence-electron chi connectivity index (χ3n) is 14.2. The molecule has 0 heterocycles. The molecular weight excluding hydrogens is 498 g/mol. The van der Waals surface area contributed by atoms with Gasteiger partial charge >= 0.3 is 0 Å². The summed E-state index contributed by atoms with van der Waals surface area (Å²) in [4.78, 5) is 12.7. The molecule has 5 aliphatic carbocycles. The van der Waals surface area contributed by atoms with Crippen molar-refractivity contribution in [1.29, 1.82) is 0 Å². The van der Waals surface area contributed by atoms with Crippen LogP contribution in [0, 0.1) is 56.7 Å². The fraction of sp³-hybridized carbons (Fsp3) is 0.914. The second kappa shape index (κ2) is 11.3. The number of carbonyl (C=O) groups excluding carboxylic acids is 1. The average molecular weight is 560 g/mol. The summed E-state index contributed by atoms with van der Waals surface area (Å²) in [5.74, 6) is 1.42. The van der Waals surface area contributed by atoms with Gasteiger partial charge in [0, 0.05) is 11.4 Å². The maximum absolute atomic E-state index is 12.7. The van der Waals surface area contributed by atoms with Crippen molar-refractivity contribution in [3.63, 3.8) is 0 Å². The van der Waals surface area contributed by atoms with Crippen LogP contribution in [0.2, 0.25) is 0 Å². The third-order valence-corrected chi connectivity index (χ3v) is 14.2. The normalized spacial score (nSPS) is 47.3. The lowest BCUT2D eigenvalue weighted by Gasteiger charge is -2.71. The van der Waals surface area contributed by atoms with Gasteiger partial charge in [0.1, 0.15) is 0 Å². The van der Waals surface area contributed by atoms with Crippen LogP contribution in [-0.2, 0) is 4.79 Å². The molecule has 0 amide bonds. The van der Waals surface area contributed by atoms with E-state index in [0.29, 0.717) is 30.3 Å². The Morgan fingerprint density at radius 3 is 2.30 bits per heavy atom. The maximum Gasteiger partial charge on any atom is 0.0990 e. The Balaban J connectivity index is 0.000000470. The molecule has 0 spiro atoms. The van der Waals surface area contributed by atoms with Crippen molar-refractivity contribution < 1.29 is 25.4 Å². The number of nitrogens with two attached hydrogens (primary N) is 1. The summed E-state index contributed by atoms with van der Waals surface area (Å²) in [5.41, 5.74) is 1.24. The maximum atomic E-state index is 12.7. The molecular formula is C35H61NO4. The van der Waals surface area contributed by atoms with E-state index < -0.39 is 11.4 Å². The Labute approximate surface area is 245 Å². The summed E-state index contributed by atoms with van der Waals surface area (Å²) in [5, 5.41) is 33.9. The lowest BCUT2D eigenvalue weighted by molar-refractivity contribution is -0.655. The van der Waals surface area contributed by atoms with Crippen LogP contribution in [0.5, 0.6) is 0 Å². The number of aliphatic hydroxyl groups excluding tert-OH is 2. The fourth-order valence-electron chi connectivity index (χ4n) is 11.3. The van der Waals surface area contributed by atoms with Gasteiger partial charge in [0.25, 0.3) is 0 Å². The molecule has 0 aromatic heterocycles. The molecule has 0 radical (unpaired) electrons. The van der Waals surface area contributed by atoms with E-state index in [9.17, 15) is 15.0 Å². The number of rotatable bonds is 5. The van der Waals surface area contributed by atoms with E-state index in [0.717, 1.165) is 58.0 Å². The number of carboxylic acids is 1. The smallest absolute Gasteiger partial charge is 0.0990 e. The highest BCUT2D eigenvalue weighted by atomic mass is 16.4. The molecule has 40 heavy (non-hydrogen) atoms. The Morgan fingerprint density at radius 1 is 0.975 bits per heavy atom. The Morgan fingerprint density at radius 2 is 1.68 bits per heavy atom. The van der Waals surface area contributed by atoms with Crippen molar-refractivity contribution in [3.05, 3.63) is 11.6 Å². The first-order valence-corrected chi connectivity index (χ1v) is 16.7. The number of aliphatic hydroxyl groups is 2. The predicted octanol–water partition coefficient (Wildman–Crippen LogP) is 4.71. The first-order chi connectivity index (χ1) is 18.7. The van der Waals surface area contributed by atoms with Crippen molar-refractivity contribution in [2.45, 2.75) is 126 Å². The van der Waals surface area contributed by atoms with Crippen molar-refractivity contribution >= 4 is 5.97 Å². The number of fused-ring (bicyclic) bond motifs is 7. The summed E-state index contributed by atoms with van der Waals surface area (Å²) in [7, 11) is 0. The molecule has 0 bridgehead atoms. The average Bonchev–Trinajstić information content (AvgIpc) is 2.89. The molecule has 1 unspecified atom stereocenters. The third kappa shape index (κ3) is 4.64. The number of carbonyl (C=O) groups is 1. The number of quaternary nitrogens is 1. The highest BCUT2D eigenvalue weighted by Crippen LogP contribution is 2.75. The van der Waals surface area contributed by atoms with Crippen molar-refractivity contribution in [1.82, 2.24) is 0 Å². The number of allylic oxidation sites excluding steroid dienone is 2. The summed E-state index contributed by atoms with van der Waals surface area (Å²) >= 11 is 0. The van der Waals surface area contributed by atoms with Crippen LogP contribution < -0.4 is 10.4 Å². The molecule has 0 aliphatic heterocycles. The standard InChI is InChI=1S/C30H48O3.C5H13NO/c1-18-10-15-30(25(32)33)17-16-28(6)20(24(30)19(18)2)8-9-22-27(5)13-12-23(31)26(3,4)21(27)11-14-29(22,28)7;1-2-3-6-4-5-7/h8,18-19,21-24,31H,9-17H2,1-7H3,(H,32,33);6-7H,2-5H2,1H3/t18-,19+,21?,22-,23+,24+,27+,28-,29-,30+;/m1./s1. The minimum atomic E-state index is -0.792. The molecule has 230 valence electrons. The van der Waals surface area contributed by atoms with Crippen molar-refractivity contribution in [2.24, 2.45) is 56.7 Å². The number of hydrogen-bond acceptors (Lipinski definition) is 4. The zero-order valence-electron chi connectivity index (χ0n) is 27.0. The van der Waals surface area contributed by atoms with Crippen LogP contribution in [0.25, 0.3) is 0 Å². The quantitative estimate of drug-likeness (QED) is 0.336. The van der Waals surface area contributed by atoms with Crippen LogP contribution in [0.3, 0.4) is 0 Å². The monoisotopic (exact) mass is 559 g/mol. The summed E-state index contributed by atoms with van der Waals surface area (Å²) < 4.78 is 0. The lowest BCUT2D eigenvalue weighted by Crippen LogP contribution is -2.85. The predicted molar refractivity (Wildman–Crippen MR) is 159 cm³/mol. The van der Waals surface area contributed by atoms with E-state index in [2.05, 4.69) is 66.8 Å². The number of hydrogen-bond donors (Lipinski definition) is 3. The zero-order chi connectivity index (χ0) is 29.7. The molecule has 10 atom stereocenters. The summed E-state index contributed by atoms with van der Waals surface area (Å²) in [6.45, 7) is 21.3. The first kappa shape index (κ1) is 32.0. The fourth-order valence-corrected chi connectivity index (χ4v) is 11.3. The van der Waals surface area contributed by atoms with Gasteiger partial charge in [0.2, 0.25) is 0 Å². The van der Waals surface area contributed by atoms with Crippen LogP contribution in [0.1, 0.15) is 120 Å². The Hall–Kier alpha value is -0.910. The number of carboxylic acid groups (broad SMARTS) is 1. The van der Waals surface area contributed by atoms with E-state index >= 15 is 0 Å². The van der Waals surface area contributed by atoms with E-state index in [1.54, 1.807) is 0 Å². The molecule has 5 rings (SSSR count). The molecule has 0 aromatic rings. The van der Waals surface area contributed by atoms with Gasteiger partial charge in [0.05, 0.1) is 25.8 Å². The van der Waals surface area contributed by atoms with Crippen molar-refractivity contribution in [2.75, 3.05) is 19.7 Å². The zero-order valence-corrected chi connectivity index (χ0v) is 27.0. The highest BCUT2D eigenvalue weighted by molar-refractivity contribution is 5.74. The molecule has 0 aromatic carbocycles. The molecule has 4 saturated carbocycles. The minimum absolute atomic E-state index is 0.0385. The van der Waals surface area contributed by atoms with Crippen LogP contribution in [-0.4, -0.2) is 42.0 Å². The van der Waals surface area contributed by atoms with Crippen molar-refractivity contribution in [3.8, 4) is 0 Å². The summed E-state index contributed by atoms with van der Waals surface area (Å²) in [6.07, 6.45) is 12.5. The second-order valence-electron chi connectivity index (χ2n) is 16.1. The van der Waals surface area contributed by atoms with E-state index in [4.69, 9.17) is 5.11 Å². The van der Waals surface area contributed by atoms with Crippen LogP contribution >= 0.6 is 0 Å². The van der Waals surface area contributed by atoms with Gasteiger partial charge in [-0.05, 0) is 115 Å². The van der Waals surface area contributed by atoms with E-state index in [-0.39, 0.29) is 33.7 Å². The highest BCUT2D eigenvalue weighted by Gasteiger charge is 2.68. The topological polar surface area (TPSA) is 97.2 Å². The minimum Gasteiger partial charge on any atom is -0.550 e. The molecule has 0 saturated heterocycles. The van der Waals surface area contributed by atoms with E-state index in [1.807, 2.05) is 0 Å². The van der Waals surface area contributed by atoms with Gasteiger partial charge in [0.15, 0.2) is 0 Å². The molecule has 5 aliphatic rings. The first-order valence-electron chi connectivity index (χ1n) is 16.7. The Bertz CT molecular complexity index is 957. The van der Waals surface area contributed by atoms with Crippen LogP contribution in [0.4, 0.5) is 0 Å². The largest absolute Gasteiger partial charge is 0.550 e.